The van der Waals surface area contributed by atoms with E-state index in [9.17, 15) is 4.79 Å². The van der Waals surface area contributed by atoms with E-state index in [1.54, 1.807) is 0 Å². The molecular weight excluding hydrogens is 104 g/mol. The third kappa shape index (κ3) is 0.710. The molecule has 3 nitrogen and oxygen atoms in total. The van der Waals surface area contributed by atoms with Crippen LogP contribution in [-0.2, 0) is 4.79 Å². The molecule has 0 aromatic heterocycles. The minimum Gasteiger partial charge on any atom is -0.292 e. The molecule has 0 spiro atoms. The van der Waals surface area contributed by atoms with Crippen molar-refractivity contribution in [1.82, 2.24) is 4.90 Å². The van der Waals surface area contributed by atoms with Crippen LogP contribution in [0.5, 0.6) is 0 Å². The first kappa shape index (κ1) is 5.28. The average molecular weight is 109 g/mol. The molecule has 1 heterocycles. The number of amides is 1. The molecule has 41 valence electrons. The first-order chi connectivity index (χ1) is 3.84. The number of nitrogens with zero attached hydrogens (tertiary/aromatic N) is 2. The standard InChI is InChI=1S/C5H5N2O/c1-2-7-4-6-3-5(7)8/h2H2,1H3. The molecule has 1 aliphatic heterocycles. The van der Waals surface area contributed by atoms with Gasteiger partial charge in [0.2, 0.25) is 6.54 Å². The minimum atomic E-state index is -0.201. The topological polar surface area (TPSA) is 32.7 Å². The Morgan fingerprint density at radius 1 is 1.88 bits per heavy atom. The Kier molecular flexibility index (Phi) is 1.28. The van der Waals surface area contributed by atoms with Crippen LogP contribution >= 0.6 is 0 Å². The highest BCUT2D eigenvalue weighted by molar-refractivity contribution is 5.98. The third-order valence-corrected chi connectivity index (χ3v) is 0.884. The highest BCUT2D eigenvalue weighted by Gasteiger charge is 2.15. The van der Waals surface area contributed by atoms with Gasteiger partial charge in [-0.25, -0.2) is 4.99 Å². The highest BCUT2D eigenvalue weighted by Crippen LogP contribution is 1.97. The summed E-state index contributed by atoms with van der Waals surface area (Å²) in [5.41, 5.74) is 0. The summed E-state index contributed by atoms with van der Waals surface area (Å²) < 4.78 is 0. The predicted molar refractivity (Wildman–Crippen MR) is 28.1 cm³/mol. The second-order valence-corrected chi connectivity index (χ2v) is 1.37. The number of hydrogen-bond acceptors (Lipinski definition) is 2. The zero-order valence-corrected chi connectivity index (χ0v) is 4.51. The van der Waals surface area contributed by atoms with Gasteiger partial charge in [-0.05, 0) is 6.92 Å². The zero-order chi connectivity index (χ0) is 5.98. The fourth-order valence-corrected chi connectivity index (χ4v) is 0.453. The van der Waals surface area contributed by atoms with Crippen molar-refractivity contribution in [2.45, 2.75) is 6.92 Å². The van der Waals surface area contributed by atoms with E-state index in [-0.39, 0.29) is 5.91 Å². The van der Waals surface area contributed by atoms with Gasteiger partial charge in [0, 0.05) is 6.54 Å². The van der Waals surface area contributed by atoms with Crippen LogP contribution in [0.15, 0.2) is 4.99 Å². The fourth-order valence-electron chi connectivity index (χ4n) is 0.453. The van der Waals surface area contributed by atoms with Gasteiger partial charge in [0.1, 0.15) is 0 Å². The van der Waals surface area contributed by atoms with Crippen molar-refractivity contribution in [2.75, 3.05) is 6.54 Å². The molecule has 0 aliphatic carbocycles. The van der Waals surface area contributed by atoms with Crippen molar-refractivity contribution in [3.8, 4) is 0 Å². The normalized spacial score (nSPS) is 18.1. The zero-order valence-electron chi connectivity index (χ0n) is 4.51. The fraction of sp³-hybridized carbons (Fsp3) is 0.400. The lowest BCUT2D eigenvalue weighted by Gasteiger charge is -2.03. The van der Waals surface area contributed by atoms with E-state index in [2.05, 4.69) is 17.9 Å². The first-order valence-electron chi connectivity index (χ1n) is 2.37. The van der Waals surface area contributed by atoms with Gasteiger partial charge in [-0.3, -0.25) is 9.69 Å². The number of carbonyl (C=O) groups is 1. The molecule has 0 aromatic rings. The predicted octanol–water partition coefficient (Wildman–Crippen LogP) is -0.207. The van der Waals surface area contributed by atoms with E-state index < -0.39 is 0 Å². The molecular formula is C5H5N2O. The van der Waals surface area contributed by atoms with Crippen molar-refractivity contribution in [2.24, 2.45) is 4.99 Å². The van der Waals surface area contributed by atoms with Crippen molar-refractivity contribution in [3.05, 3.63) is 6.54 Å². The van der Waals surface area contributed by atoms with Crippen LogP contribution in [0, 0.1) is 6.54 Å². The summed E-state index contributed by atoms with van der Waals surface area (Å²) in [6.07, 6.45) is 2.45. The second kappa shape index (κ2) is 1.94. The number of likely N-dealkylation sites (N-methyl/N-ethyl adjacent to an activating group) is 1. The number of hydrogen-bond donors (Lipinski definition) is 0. The Morgan fingerprint density at radius 3 is 2.88 bits per heavy atom. The quantitative estimate of drug-likeness (QED) is 0.458. The van der Waals surface area contributed by atoms with Crippen LogP contribution in [-0.4, -0.2) is 23.7 Å². The SMILES string of the molecule is CCN1[C]=N[C]C1=O. The summed E-state index contributed by atoms with van der Waals surface area (Å²) in [6, 6.07) is 0. The van der Waals surface area contributed by atoms with Crippen molar-refractivity contribution in [1.29, 1.82) is 0 Å². The monoisotopic (exact) mass is 109 g/mol. The smallest absolute Gasteiger partial charge is 0.262 e. The second-order valence-electron chi connectivity index (χ2n) is 1.37. The van der Waals surface area contributed by atoms with Crippen molar-refractivity contribution < 1.29 is 4.79 Å². The lowest BCUT2D eigenvalue weighted by Crippen LogP contribution is -2.23. The Hall–Kier alpha value is -0.860. The van der Waals surface area contributed by atoms with Gasteiger partial charge < -0.3 is 0 Å². The minimum absolute atomic E-state index is 0.201. The largest absolute Gasteiger partial charge is 0.292 e. The highest BCUT2D eigenvalue weighted by atomic mass is 16.2. The van der Waals surface area contributed by atoms with Crippen LogP contribution in [0.4, 0.5) is 0 Å². The first-order valence-corrected chi connectivity index (χ1v) is 2.37. The molecule has 0 atom stereocenters. The van der Waals surface area contributed by atoms with E-state index in [1.165, 1.54) is 4.90 Å². The van der Waals surface area contributed by atoms with E-state index in [1.807, 2.05) is 6.92 Å². The molecule has 8 heavy (non-hydrogen) atoms. The summed E-state index contributed by atoms with van der Waals surface area (Å²) in [4.78, 5) is 15.2. The van der Waals surface area contributed by atoms with E-state index in [0.717, 1.165) is 0 Å². The molecule has 0 bridgehead atoms. The average Bonchev–Trinajstić information content (AvgIpc) is 2.14. The van der Waals surface area contributed by atoms with Crippen LogP contribution in [0.1, 0.15) is 6.92 Å². The van der Waals surface area contributed by atoms with Gasteiger partial charge in [0.25, 0.3) is 5.91 Å². The van der Waals surface area contributed by atoms with Crippen molar-refractivity contribution in [3.63, 3.8) is 0 Å². The molecule has 1 amide bonds. The maximum atomic E-state index is 10.5. The Bertz CT molecular complexity index is 130. The molecule has 0 unspecified atom stereocenters. The van der Waals surface area contributed by atoms with E-state index in [4.69, 9.17) is 0 Å². The lowest BCUT2D eigenvalue weighted by atomic mass is 10.5. The van der Waals surface area contributed by atoms with E-state index in [0.29, 0.717) is 6.54 Å². The number of rotatable bonds is 1. The summed E-state index contributed by atoms with van der Waals surface area (Å²) >= 11 is 0. The van der Waals surface area contributed by atoms with Gasteiger partial charge in [-0.15, -0.1) is 0 Å². The van der Waals surface area contributed by atoms with Gasteiger partial charge in [0.15, 0.2) is 6.34 Å². The van der Waals surface area contributed by atoms with Crippen LogP contribution in [0.2, 0.25) is 0 Å². The number of aliphatic imine (C=N–C) groups is 1. The molecule has 0 fully saturated rings. The van der Waals surface area contributed by atoms with Gasteiger partial charge in [-0.1, -0.05) is 0 Å². The summed E-state index contributed by atoms with van der Waals surface area (Å²) in [6.45, 7) is 4.70. The Labute approximate surface area is 48.0 Å². The molecule has 3 radical (unpaired) electrons. The van der Waals surface area contributed by atoms with Gasteiger partial charge in [0.05, 0.1) is 0 Å². The van der Waals surface area contributed by atoms with E-state index >= 15 is 0 Å². The molecule has 0 N–H and O–H groups in total. The summed E-state index contributed by atoms with van der Waals surface area (Å²) in [5.74, 6) is -0.201. The molecule has 0 aromatic carbocycles. The Balaban J connectivity index is 2.53. The molecule has 3 heteroatoms. The maximum Gasteiger partial charge on any atom is 0.262 e. The summed E-state index contributed by atoms with van der Waals surface area (Å²) in [5, 5.41) is 0. The van der Waals surface area contributed by atoms with Crippen LogP contribution in [0.25, 0.3) is 0 Å². The van der Waals surface area contributed by atoms with Crippen molar-refractivity contribution >= 4 is 12.2 Å². The maximum absolute atomic E-state index is 10.5. The Morgan fingerprint density at radius 2 is 2.62 bits per heavy atom. The lowest BCUT2D eigenvalue weighted by molar-refractivity contribution is -0.122. The van der Waals surface area contributed by atoms with Gasteiger partial charge >= 0.3 is 0 Å². The summed E-state index contributed by atoms with van der Waals surface area (Å²) in [7, 11) is 0. The number of carbonyl (C=O) groups excluding carboxylic acids is 1. The third-order valence-electron chi connectivity index (χ3n) is 0.884. The molecule has 1 aliphatic rings. The van der Waals surface area contributed by atoms with Crippen LogP contribution in [0.3, 0.4) is 0 Å². The van der Waals surface area contributed by atoms with Crippen LogP contribution < -0.4 is 0 Å². The van der Waals surface area contributed by atoms with Gasteiger partial charge in [-0.2, -0.15) is 0 Å². The molecule has 0 saturated carbocycles. The molecule has 0 saturated heterocycles. The molecule has 1 rings (SSSR count).